The van der Waals surface area contributed by atoms with Gasteiger partial charge in [-0.15, -0.1) is 0 Å². The van der Waals surface area contributed by atoms with Crippen LogP contribution in [0.1, 0.15) is 110 Å². The molecule has 0 aromatic heterocycles. The molecular weight excluding hydrogens is 270 g/mol. The minimum atomic E-state index is -0.157. The fraction of sp³-hybridized carbons (Fsp3) is 1.00. The summed E-state index contributed by atoms with van der Waals surface area (Å²) in [7, 11) is 0. The Morgan fingerprint density at radius 3 is 1.55 bits per heavy atom. The normalized spacial score (nSPS) is 17.2. The smallest absolute Gasteiger partial charge is 0.107 e. The van der Waals surface area contributed by atoms with Crippen LogP contribution in [0.2, 0.25) is 0 Å². The quantitative estimate of drug-likeness (QED) is 0.382. The van der Waals surface area contributed by atoms with Gasteiger partial charge in [-0.25, -0.2) is 0 Å². The molecule has 2 nitrogen and oxygen atoms in total. The van der Waals surface area contributed by atoms with Gasteiger partial charge < -0.3 is 5.11 Å². The van der Waals surface area contributed by atoms with Gasteiger partial charge in [0.15, 0.2) is 0 Å². The van der Waals surface area contributed by atoms with E-state index in [-0.39, 0.29) is 6.23 Å². The minimum absolute atomic E-state index is 0.157. The molecule has 0 aromatic carbocycles. The number of likely N-dealkylation sites (tertiary alicyclic amines) is 1. The molecule has 1 fully saturated rings. The third kappa shape index (κ3) is 10.6. The van der Waals surface area contributed by atoms with Crippen LogP contribution in [-0.2, 0) is 0 Å². The summed E-state index contributed by atoms with van der Waals surface area (Å²) in [6.45, 7) is 4.51. The molecule has 2 heteroatoms. The maximum absolute atomic E-state index is 10.1. The lowest BCUT2D eigenvalue weighted by Gasteiger charge is -2.22. The fourth-order valence-electron chi connectivity index (χ4n) is 3.57. The highest BCUT2D eigenvalue weighted by Gasteiger charge is 2.18. The number of rotatable bonds is 15. The molecular formula is C20H41NO. The topological polar surface area (TPSA) is 23.5 Å². The van der Waals surface area contributed by atoms with E-state index in [0.29, 0.717) is 0 Å². The van der Waals surface area contributed by atoms with E-state index < -0.39 is 0 Å². The first kappa shape index (κ1) is 20.0. The summed E-state index contributed by atoms with van der Waals surface area (Å²) >= 11 is 0. The average Bonchev–Trinajstić information content (AvgIpc) is 3.06. The van der Waals surface area contributed by atoms with Gasteiger partial charge in [-0.2, -0.15) is 0 Å². The van der Waals surface area contributed by atoms with Crippen molar-refractivity contribution in [3.05, 3.63) is 0 Å². The molecule has 0 bridgehead atoms. The van der Waals surface area contributed by atoms with Crippen LogP contribution in [0.4, 0.5) is 0 Å². The van der Waals surface area contributed by atoms with E-state index >= 15 is 0 Å². The highest BCUT2D eigenvalue weighted by Crippen LogP contribution is 2.16. The minimum Gasteiger partial charge on any atom is -0.378 e. The van der Waals surface area contributed by atoms with E-state index in [0.717, 1.165) is 19.5 Å². The summed E-state index contributed by atoms with van der Waals surface area (Å²) in [6, 6.07) is 0. The van der Waals surface area contributed by atoms with Crippen molar-refractivity contribution in [3.63, 3.8) is 0 Å². The standard InChI is InChI=1S/C20H41NO/c1-2-3-4-5-6-7-8-9-10-11-12-13-14-17-20(22)21-18-15-16-19-21/h20,22H,2-19H2,1H3. The molecule has 132 valence electrons. The van der Waals surface area contributed by atoms with E-state index in [4.69, 9.17) is 0 Å². The molecule has 0 saturated carbocycles. The zero-order valence-corrected chi connectivity index (χ0v) is 15.2. The summed E-state index contributed by atoms with van der Waals surface area (Å²) in [5, 5.41) is 10.1. The van der Waals surface area contributed by atoms with Gasteiger partial charge in [0.2, 0.25) is 0 Å². The van der Waals surface area contributed by atoms with Gasteiger partial charge in [0.1, 0.15) is 6.23 Å². The van der Waals surface area contributed by atoms with E-state index in [2.05, 4.69) is 11.8 Å². The third-order valence-electron chi connectivity index (χ3n) is 5.13. The predicted octanol–water partition coefficient (Wildman–Crippen LogP) is 5.88. The number of hydrogen-bond donors (Lipinski definition) is 1. The summed E-state index contributed by atoms with van der Waals surface area (Å²) in [4.78, 5) is 2.25. The van der Waals surface area contributed by atoms with Gasteiger partial charge >= 0.3 is 0 Å². The molecule has 0 aromatic rings. The SMILES string of the molecule is CCCCCCCCCCCCCCCC(O)N1CCCC1. The van der Waals surface area contributed by atoms with Gasteiger partial charge in [-0.1, -0.05) is 84.0 Å². The molecule has 1 rings (SSSR count). The number of aliphatic hydroxyl groups excluding tert-OH is 1. The second-order valence-corrected chi connectivity index (χ2v) is 7.26. The van der Waals surface area contributed by atoms with Crippen molar-refractivity contribution in [2.24, 2.45) is 0 Å². The fourth-order valence-corrected chi connectivity index (χ4v) is 3.57. The van der Waals surface area contributed by atoms with Gasteiger partial charge in [0.05, 0.1) is 0 Å². The second kappa shape index (κ2) is 14.5. The van der Waals surface area contributed by atoms with Gasteiger partial charge in [-0.05, 0) is 25.7 Å². The van der Waals surface area contributed by atoms with Gasteiger partial charge in [0.25, 0.3) is 0 Å². The van der Waals surface area contributed by atoms with E-state index in [1.54, 1.807) is 0 Å². The molecule has 0 amide bonds. The molecule has 22 heavy (non-hydrogen) atoms. The summed E-state index contributed by atoms with van der Waals surface area (Å²) in [5.74, 6) is 0. The zero-order valence-electron chi connectivity index (χ0n) is 15.2. The van der Waals surface area contributed by atoms with E-state index in [1.807, 2.05) is 0 Å². The van der Waals surface area contributed by atoms with Crippen LogP contribution in [0.3, 0.4) is 0 Å². The largest absolute Gasteiger partial charge is 0.378 e. The Kier molecular flexibility index (Phi) is 13.2. The third-order valence-corrected chi connectivity index (χ3v) is 5.13. The van der Waals surface area contributed by atoms with Crippen LogP contribution >= 0.6 is 0 Å². The first-order valence-corrected chi connectivity index (χ1v) is 10.3. The molecule has 1 heterocycles. The monoisotopic (exact) mass is 311 g/mol. The Morgan fingerprint density at radius 2 is 1.09 bits per heavy atom. The Hall–Kier alpha value is -0.0800. The predicted molar refractivity (Wildman–Crippen MR) is 97.1 cm³/mol. The first-order valence-electron chi connectivity index (χ1n) is 10.3. The summed E-state index contributed by atoms with van der Waals surface area (Å²) < 4.78 is 0. The average molecular weight is 312 g/mol. The Morgan fingerprint density at radius 1 is 0.682 bits per heavy atom. The second-order valence-electron chi connectivity index (χ2n) is 7.26. The molecule has 1 aliphatic heterocycles. The Balaban J connectivity index is 1.72. The molecule has 0 spiro atoms. The van der Waals surface area contributed by atoms with Crippen LogP contribution in [-0.4, -0.2) is 29.3 Å². The molecule has 1 atom stereocenters. The van der Waals surface area contributed by atoms with Crippen LogP contribution in [0.15, 0.2) is 0 Å². The highest BCUT2D eigenvalue weighted by molar-refractivity contribution is 4.68. The molecule has 1 aliphatic rings. The van der Waals surface area contributed by atoms with Crippen molar-refractivity contribution in [1.82, 2.24) is 4.90 Å². The zero-order chi connectivity index (χ0) is 15.9. The number of unbranched alkanes of at least 4 members (excludes halogenated alkanes) is 12. The summed E-state index contributed by atoms with van der Waals surface area (Å²) in [6.07, 6.45) is 21.5. The molecule has 1 saturated heterocycles. The molecule has 1 N–H and O–H groups in total. The lowest BCUT2D eigenvalue weighted by Crippen LogP contribution is -2.32. The van der Waals surface area contributed by atoms with Crippen molar-refractivity contribution in [3.8, 4) is 0 Å². The molecule has 1 unspecified atom stereocenters. The van der Waals surface area contributed by atoms with Gasteiger partial charge in [-0.3, -0.25) is 4.90 Å². The lowest BCUT2D eigenvalue weighted by atomic mass is 10.0. The summed E-state index contributed by atoms with van der Waals surface area (Å²) in [5.41, 5.74) is 0. The lowest BCUT2D eigenvalue weighted by molar-refractivity contribution is 0.0121. The van der Waals surface area contributed by atoms with Crippen molar-refractivity contribution in [1.29, 1.82) is 0 Å². The Bertz CT molecular complexity index is 226. The van der Waals surface area contributed by atoms with Crippen molar-refractivity contribution >= 4 is 0 Å². The van der Waals surface area contributed by atoms with Gasteiger partial charge in [0, 0.05) is 13.1 Å². The highest BCUT2D eigenvalue weighted by atomic mass is 16.3. The molecule has 0 radical (unpaired) electrons. The first-order chi connectivity index (χ1) is 10.8. The van der Waals surface area contributed by atoms with Crippen LogP contribution in [0.25, 0.3) is 0 Å². The maximum atomic E-state index is 10.1. The van der Waals surface area contributed by atoms with E-state index in [1.165, 1.54) is 96.3 Å². The van der Waals surface area contributed by atoms with Crippen molar-refractivity contribution < 1.29 is 5.11 Å². The van der Waals surface area contributed by atoms with Crippen LogP contribution < -0.4 is 0 Å². The molecule has 0 aliphatic carbocycles. The Labute approximate surface area is 139 Å². The maximum Gasteiger partial charge on any atom is 0.107 e. The number of nitrogens with zero attached hydrogens (tertiary/aromatic N) is 1. The van der Waals surface area contributed by atoms with Crippen LogP contribution in [0, 0.1) is 0 Å². The van der Waals surface area contributed by atoms with Crippen molar-refractivity contribution in [2.75, 3.05) is 13.1 Å². The van der Waals surface area contributed by atoms with Crippen LogP contribution in [0.5, 0.6) is 0 Å². The van der Waals surface area contributed by atoms with Crippen molar-refractivity contribution in [2.45, 2.75) is 116 Å². The number of hydrogen-bond acceptors (Lipinski definition) is 2. The van der Waals surface area contributed by atoms with E-state index in [9.17, 15) is 5.11 Å². The number of aliphatic hydroxyl groups is 1.